The Morgan fingerprint density at radius 1 is 0.469 bits per heavy atom. The van der Waals surface area contributed by atoms with Crippen molar-refractivity contribution in [1.82, 2.24) is 0 Å². The van der Waals surface area contributed by atoms with E-state index in [2.05, 4.69) is 91.9 Å². The van der Waals surface area contributed by atoms with Crippen LogP contribution in [-0.2, 0) is 12.6 Å². The van der Waals surface area contributed by atoms with Crippen LogP contribution in [0.5, 0.6) is 0 Å². The zero-order chi connectivity index (χ0) is 22.3. The highest BCUT2D eigenvalue weighted by Gasteiger charge is 2.15. The van der Waals surface area contributed by atoms with Crippen LogP contribution >= 0.6 is 7.92 Å². The maximum Gasteiger partial charge on any atom is 0.00102 e. The third-order valence-corrected chi connectivity index (χ3v) is 8.88. The minimum Gasteiger partial charge on any atom is -0.0654 e. The molecule has 0 aromatic heterocycles. The summed E-state index contributed by atoms with van der Waals surface area (Å²) in [5.41, 5.74) is 3.11. The average molecular weight is 445 g/mol. The molecule has 0 aliphatic heterocycles. The molecule has 3 aromatic rings. The third kappa shape index (κ3) is 8.55. The Kier molecular flexibility index (Phi) is 11.6. The molecule has 0 unspecified atom stereocenters. The second kappa shape index (κ2) is 15.0. The van der Waals surface area contributed by atoms with E-state index in [4.69, 9.17) is 0 Å². The first kappa shape index (κ1) is 24.7. The maximum absolute atomic E-state index is 2.37. The quantitative estimate of drug-likeness (QED) is 0.162. The van der Waals surface area contributed by atoms with Gasteiger partial charge in [-0.25, -0.2) is 0 Å². The van der Waals surface area contributed by atoms with E-state index < -0.39 is 0 Å². The Labute approximate surface area is 198 Å². The molecule has 0 spiro atoms. The van der Waals surface area contributed by atoms with Crippen molar-refractivity contribution in [3.05, 3.63) is 96.1 Å². The molecule has 0 atom stereocenters. The Morgan fingerprint density at radius 2 is 0.906 bits per heavy atom. The summed E-state index contributed by atoms with van der Waals surface area (Å²) in [6.07, 6.45) is 16.4. The van der Waals surface area contributed by atoms with Gasteiger partial charge in [-0.15, -0.1) is 0 Å². The number of unbranched alkanes of at least 4 members (excludes halogenated alkanes) is 9. The van der Waals surface area contributed by atoms with E-state index in [9.17, 15) is 0 Å². The van der Waals surface area contributed by atoms with E-state index in [-0.39, 0.29) is 7.92 Å². The topological polar surface area (TPSA) is 0 Å². The molecule has 3 aromatic carbocycles. The summed E-state index contributed by atoms with van der Waals surface area (Å²) in [5.74, 6) is 0. The number of rotatable bonds is 15. The number of benzene rings is 3. The summed E-state index contributed by atoms with van der Waals surface area (Å²) < 4.78 is 0. The van der Waals surface area contributed by atoms with Crippen LogP contribution in [-0.4, -0.2) is 0 Å². The van der Waals surface area contributed by atoms with Crippen molar-refractivity contribution >= 4 is 18.5 Å². The Bertz CT molecular complexity index is 816. The molecule has 0 N–H and O–H groups in total. The molecule has 0 saturated carbocycles. The Hall–Kier alpha value is -1.91. The van der Waals surface area contributed by atoms with Gasteiger partial charge in [0.15, 0.2) is 0 Å². The summed E-state index contributed by atoms with van der Waals surface area (Å²) >= 11 is 0. The molecule has 1 heteroatoms. The van der Waals surface area contributed by atoms with Crippen LogP contribution in [0.4, 0.5) is 0 Å². The second-order valence-corrected chi connectivity index (χ2v) is 11.2. The minimum absolute atomic E-state index is 0.377. The summed E-state index contributed by atoms with van der Waals surface area (Å²) in [5, 5.41) is 2.95. The lowest BCUT2D eigenvalue weighted by Gasteiger charge is -2.20. The van der Waals surface area contributed by atoms with E-state index >= 15 is 0 Å². The fraction of sp³-hybridized carbons (Fsp3) is 0.419. The van der Waals surface area contributed by atoms with Crippen LogP contribution in [0.15, 0.2) is 84.9 Å². The second-order valence-electron chi connectivity index (χ2n) is 8.96. The normalized spacial score (nSPS) is 11.2. The third-order valence-electron chi connectivity index (χ3n) is 6.38. The van der Waals surface area contributed by atoms with Crippen LogP contribution < -0.4 is 10.6 Å². The average Bonchev–Trinajstić information content (AvgIpc) is 2.85. The Morgan fingerprint density at radius 3 is 1.44 bits per heavy atom. The molecule has 0 heterocycles. The fourth-order valence-electron chi connectivity index (χ4n) is 4.48. The van der Waals surface area contributed by atoms with Gasteiger partial charge in [0.05, 0.1) is 0 Å². The fourth-order valence-corrected chi connectivity index (χ4v) is 6.85. The van der Waals surface area contributed by atoms with Crippen molar-refractivity contribution in [3.8, 4) is 0 Å². The molecule has 0 aliphatic carbocycles. The van der Waals surface area contributed by atoms with Gasteiger partial charge >= 0.3 is 0 Å². The van der Waals surface area contributed by atoms with Crippen molar-refractivity contribution in [1.29, 1.82) is 0 Å². The highest BCUT2D eigenvalue weighted by Crippen LogP contribution is 2.38. The predicted molar refractivity (Wildman–Crippen MR) is 145 cm³/mol. The van der Waals surface area contributed by atoms with Crippen molar-refractivity contribution in [2.75, 3.05) is 0 Å². The lowest BCUT2D eigenvalue weighted by molar-refractivity contribution is 0.556. The molecule has 0 nitrogen and oxygen atoms in total. The van der Waals surface area contributed by atoms with Crippen LogP contribution in [0, 0.1) is 0 Å². The van der Waals surface area contributed by atoms with Gasteiger partial charge in [0, 0.05) is 6.16 Å². The van der Waals surface area contributed by atoms with Gasteiger partial charge in [0.25, 0.3) is 0 Å². The zero-order valence-corrected chi connectivity index (χ0v) is 20.9. The van der Waals surface area contributed by atoms with Crippen molar-refractivity contribution in [2.45, 2.75) is 83.7 Å². The summed E-state index contributed by atoms with van der Waals surface area (Å²) in [4.78, 5) is 0. The molecule has 170 valence electrons. The van der Waals surface area contributed by atoms with Gasteiger partial charge in [-0.1, -0.05) is 150 Å². The maximum atomic E-state index is 2.37. The van der Waals surface area contributed by atoms with Crippen LogP contribution in [0.25, 0.3) is 0 Å². The summed E-state index contributed by atoms with van der Waals surface area (Å²) in [6.45, 7) is 2.29. The number of aryl methyl sites for hydroxylation is 1. The van der Waals surface area contributed by atoms with E-state index in [1.807, 2.05) is 0 Å². The van der Waals surface area contributed by atoms with E-state index in [1.165, 1.54) is 81.2 Å². The summed E-state index contributed by atoms with van der Waals surface area (Å²) in [7, 11) is -0.377. The first-order valence-corrected chi connectivity index (χ1v) is 14.4. The molecule has 0 saturated heterocycles. The van der Waals surface area contributed by atoms with Crippen molar-refractivity contribution < 1.29 is 0 Å². The van der Waals surface area contributed by atoms with Crippen LogP contribution in [0.3, 0.4) is 0 Å². The van der Waals surface area contributed by atoms with Gasteiger partial charge in [0.1, 0.15) is 0 Å². The van der Waals surface area contributed by atoms with Crippen LogP contribution in [0.2, 0.25) is 0 Å². The molecule has 0 radical (unpaired) electrons. The van der Waals surface area contributed by atoms with Gasteiger partial charge in [-0.2, -0.15) is 0 Å². The van der Waals surface area contributed by atoms with Gasteiger partial charge < -0.3 is 0 Å². The monoisotopic (exact) mass is 444 g/mol. The lowest BCUT2D eigenvalue weighted by Crippen LogP contribution is -2.13. The molecule has 32 heavy (non-hydrogen) atoms. The van der Waals surface area contributed by atoms with Crippen LogP contribution in [0.1, 0.15) is 82.3 Å². The first-order valence-electron chi connectivity index (χ1n) is 12.8. The highest BCUT2D eigenvalue weighted by molar-refractivity contribution is 7.72. The standard InChI is InChI=1S/C31H41P/c1-2-3-4-5-6-7-8-9-10-13-20-28-21-18-19-22-29(28)27-32(30-23-14-11-15-24-30)31-25-16-12-17-26-31/h11-12,14-19,21-26H,2-10,13,20,27H2,1H3. The van der Waals surface area contributed by atoms with Crippen molar-refractivity contribution in [3.63, 3.8) is 0 Å². The smallest absolute Gasteiger partial charge is 0.00102 e. The minimum atomic E-state index is -0.377. The lowest BCUT2D eigenvalue weighted by atomic mass is 10.0. The first-order chi connectivity index (χ1) is 15.9. The van der Waals surface area contributed by atoms with E-state index in [0.29, 0.717) is 0 Å². The van der Waals surface area contributed by atoms with E-state index in [0.717, 1.165) is 6.16 Å². The number of hydrogen-bond acceptors (Lipinski definition) is 0. The highest BCUT2D eigenvalue weighted by atomic mass is 31.1. The predicted octanol–water partition coefficient (Wildman–Crippen LogP) is 8.78. The molecule has 3 rings (SSSR count). The largest absolute Gasteiger partial charge is 0.0654 e. The zero-order valence-electron chi connectivity index (χ0n) is 20.0. The van der Waals surface area contributed by atoms with Gasteiger partial charge in [0.2, 0.25) is 0 Å². The Balaban J connectivity index is 1.53. The molecule has 0 amide bonds. The molecule has 0 fully saturated rings. The van der Waals surface area contributed by atoms with Gasteiger partial charge in [-0.3, -0.25) is 0 Å². The molecular formula is C31H41P. The summed E-state index contributed by atoms with van der Waals surface area (Å²) in [6, 6.07) is 31.4. The SMILES string of the molecule is CCCCCCCCCCCCc1ccccc1CP(c1ccccc1)c1ccccc1. The molecule has 0 aliphatic rings. The molecular weight excluding hydrogens is 403 g/mol. The molecule has 0 bridgehead atoms. The van der Waals surface area contributed by atoms with E-state index in [1.54, 1.807) is 11.1 Å². The number of hydrogen-bond donors (Lipinski definition) is 0. The van der Waals surface area contributed by atoms with Crippen molar-refractivity contribution in [2.24, 2.45) is 0 Å². The van der Waals surface area contributed by atoms with Gasteiger partial charge in [-0.05, 0) is 42.5 Å².